The number of rotatable bonds is 2. The lowest BCUT2D eigenvalue weighted by atomic mass is 10.1. The molecule has 0 atom stereocenters. The van der Waals surface area contributed by atoms with Crippen LogP contribution in [0.25, 0.3) is 11.1 Å². The summed E-state index contributed by atoms with van der Waals surface area (Å²) in [4.78, 5) is 4.38. The van der Waals surface area contributed by atoms with Crippen molar-refractivity contribution in [1.82, 2.24) is 4.98 Å². The number of fused-ring (bicyclic) bond motifs is 1. The number of oxazole rings is 1. The van der Waals surface area contributed by atoms with Gasteiger partial charge in [0.15, 0.2) is 11.5 Å². The highest BCUT2D eigenvalue weighted by atomic mass is 79.9. The van der Waals surface area contributed by atoms with Crippen molar-refractivity contribution in [2.45, 2.75) is 6.42 Å². The summed E-state index contributed by atoms with van der Waals surface area (Å²) in [6.07, 6.45) is 0.506. The third kappa shape index (κ3) is 2.46. The van der Waals surface area contributed by atoms with Crippen molar-refractivity contribution in [3.8, 4) is 0 Å². The number of halogens is 2. The fraction of sp³-hybridized carbons (Fsp3) is 0.0714. The van der Waals surface area contributed by atoms with Crippen molar-refractivity contribution >= 4 is 32.7 Å². The molecular formula is C14H10BrFN2O. The van der Waals surface area contributed by atoms with Crippen molar-refractivity contribution in [3.05, 3.63) is 58.1 Å². The highest BCUT2D eigenvalue weighted by Gasteiger charge is 2.10. The molecule has 1 heterocycles. The van der Waals surface area contributed by atoms with E-state index in [4.69, 9.17) is 10.2 Å². The van der Waals surface area contributed by atoms with Crippen LogP contribution in [0, 0.1) is 5.82 Å². The minimum Gasteiger partial charge on any atom is -0.438 e. The van der Waals surface area contributed by atoms with Crippen LogP contribution in [0.4, 0.5) is 10.1 Å². The first kappa shape index (κ1) is 12.2. The molecule has 0 bridgehead atoms. The number of hydrogen-bond acceptors (Lipinski definition) is 3. The van der Waals surface area contributed by atoms with Crippen LogP contribution in [0.1, 0.15) is 11.5 Å². The lowest BCUT2D eigenvalue weighted by molar-refractivity contribution is 0.544. The maximum Gasteiger partial charge on any atom is 0.200 e. The molecule has 2 N–H and O–H groups in total. The minimum absolute atomic E-state index is 0.255. The molecule has 0 aliphatic rings. The molecule has 5 heteroatoms. The van der Waals surface area contributed by atoms with Gasteiger partial charge in [-0.3, -0.25) is 0 Å². The van der Waals surface area contributed by atoms with Gasteiger partial charge in [0.25, 0.3) is 0 Å². The summed E-state index contributed by atoms with van der Waals surface area (Å²) >= 11 is 3.36. The molecule has 0 unspecified atom stereocenters. The summed E-state index contributed by atoms with van der Waals surface area (Å²) in [6, 6.07) is 9.89. The first-order chi connectivity index (χ1) is 9.11. The number of anilines is 1. The Labute approximate surface area is 117 Å². The SMILES string of the molecule is Nc1cc(Br)cc2nc(Cc3ccc(F)cc3)oc12. The molecule has 0 fully saturated rings. The van der Waals surface area contributed by atoms with Crippen LogP contribution in [0.5, 0.6) is 0 Å². The summed E-state index contributed by atoms with van der Waals surface area (Å²) < 4.78 is 19.3. The first-order valence-electron chi connectivity index (χ1n) is 5.71. The normalized spacial score (nSPS) is 11.1. The lowest BCUT2D eigenvalue weighted by Gasteiger charge is -1.96. The van der Waals surface area contributed by atoms with E-state index in [1.54, 1.807) is 18.2 Å². The number of aromatic nitrogens is 1. The average Bonchev–Trinajstić information content (AvgIpc) is 2.75. The molecule has 3 nitrogen and oxygen atoms in total. The second-order valence-electron chi connectivity index (χ2n) is 4.25. The lowest BCUT2D eigenvalue weighted by Crippen LogP contribution is -1.87. The minimum atomic E-state index is -0.255. The highest BCUT2D eigenvalue weighted by Crippen LogP contribution is 2.27. The van der Waals surface area contributed by atoms with Crippen molar-refractivity contribution in [2.75, 3.05) is 5.73 Å². The van der Waals surface area contributed by atoms with Crippen LogP contribution < -0.4 is 5.73 Å². The predicted octanol–water partition coefficient (Wildman–Crippen LogP) is 3.90. The Morgan fingerprint density at radius 2 is 1.95 bits per heavy atom. The Balaban J connectivity index is 1.97. The van der Waals surface area contributed by atoms with Gasteiger partial charge in [0, 0.05) is 10.9 Å². The topological polar surface area (TPSA) is 52.0 Å². The third-order valence-corrected chi connectivity index (χ3v) is 3.25. The van der Waals surface area contributed by atoms with Gasteiger partial charge in [0.1, 0.15) is 11.3 Å². The van der Waals surface area contributed by atoms with Crippen LogP contribution in [0.3, 0.4) is 0 Å². The van der Waals surface area contributed by atoms with Crippen molar-refractivity contribution in [3.63, 3.8) is 0 Å². The summed E-state index contributed by atoms with van der Waals surface area (Å²) in [5.74, 6) is 0.306. The van der Waals surface area contributed by atoms with Gasteiger partial charge in [0.2, 0.25) is 0 Å². The molecule has 1 aromatic heterocycles. The molecule has 0 aliphatic heterocycles. The van der Waals surface area contributed by atoms with Gasteiger partial charge in [-0.2, -0.15) is 0 Å². The number of nitrogens with zero attached hydrogens (tertiary/aromatic N) is 1. The average molecular weight is 321 g/mol. The Morgan fingerprint density at radius 1 is 1.21 bits per heavy atom. The van der Waals surface area contributed by atoms with E-state index in [0.717, 1.165) is 10.0 Å². The molecule has 0 radical (unpaired) electrons. The molecule has 19 heavy (non-hydrogen) atoms. The standard InChI is InChI=1S/C14H10BrFN2O/c15-9-6-11(17)14-12(7-9)18-13(19-14)5-8-1-3-10(16)4-2-8/h1-4,6-7H,5,17H2. The fourth-order valence-electron chi connectivity index (χ4n) is 1.92. The molecule has 0 spiro atoms. The van der Waals surface area contributed by atoms with Crippen molar-refractivity contribution < 1.29 is 8.81 Å². The van der Waals surface area contributed by atoms with Gasteiger partial charge in [-0.25, -0.2) is 9.37 Å². The Bertz CT molecular complexity index is 737. The monoisotopic (exact) mass is 320 g/mol. The Morgan fingerprint density at radius 3 is 2.68 bits per heavy atom. The van der Waals surface area contributed by atoms with E-state index in [0.29, 0.717) is 29.1 Å². The zero-order chi connectivity index (χ0) is 13.4. The molecule has 0 aliphatic carbocycles. The maximum atomic E-state index is 12.8. The molecular weight excluding hydrogens is 311 g/mol. The summed E-state index contributed by atoms with van der Waals surface area (Å²) in [7, 11) is 0. The molecule has 0 amide bonds. The van der Waals surface area contributed by atoms with E-state index in [1.807, 2.05) is 6.07 Å². The van der Waals surface area contributed by atoms with Gasteiger partial charge in [0.05, 0.1) is 5.69 Å². The zero-order valence-electron chi connectivity index (χ0n) is 9.86. The van der Waals surface area contributed by atoms with Crippen LogP contribution in [-0.2, 0) is 6.42 Å². The molecule has 0 saturated carbocycles. The number of hydrogen-bond donors (Lipinski definition) is 1. The largest absolute Gasteiger partial charge is 0.438 e. The molecule has 3 rings (SSSR count). The Kier molecular flexibility index (Phi) is 2.98. The van der Waals surface area contributed by atoms with Gasteiger partial charge in [-0.15, -0.1) is 0 Å². The van der Waals surface area contributed by atoms with E-state index in [2.05, 4.69) is 20.9 Å². The van der Waals surface area contributed by atoms with E-state index in [1.165, 1.54) is 12.1 Å². The van der Waals surface area contributed by atoms with Crippen LogP contribution in [-0.4, -0.2) is 4.98 Å². The molecule has 96 valence electrons. The van der Waals surface area contributed by atoms with Crippen LogP contribution >= 0.6 is 15.9 Å². The maximum absolute atomic E-state index is 12.8. The van der Waals surface area contributed by atoms with E-state index >= 15 is 0 Å². The van der Waals surface area contributed by atoms with Crippen LogP contribution in [0.2, 0.25) is 0 Å². The predicted molar refractivity (Wildman–Crippen MR) is 75.3 cm³/mol. The number of nitrogen functional groups attached to an aromatic ring is 1. The summed E-state index contributed by atoms with van der Waals surface area (Å²) in [5.41, 5.74) is 8.65. The molecule has 3 aromatic rings. The Hall–Kier alpha value is -1.88. The van der Waals surface area contributed by atoms with Gasteiger partial charge >= 0.3 is 0 Å². The highest BCUT2D eigenvalue weighted by molar-refractivity contribution is 9.10. The second kappa shape index (κ2) is 4.66. The smallest absolute Gasteiger partial charge is 0.200 e. The quantitative estimate of drug-likeness (QED) is 0.728. The van der Waals surface area contributed by atoms with E-state index < -0.39 is 0 Å². The fourth-order valence-corrected chi connectivity index (χ4v) is 2.38. The van der Waals surface area contributed by atoms with Gasteiger partial charge in [-0.1, -0.05) is 28.1 Å². The van der Waals surface area contributed by atoms with Gasteiger partial charge < -0.3 is 10.2 Å². The van der Waals surface area contributed by atoms with E-state index in [-0.39, 0.29) is 5.82 Å². The number of nitrogens with two attached hydrogens (primary N) is 1. The third-order valence-electron chi connectivity index (χ3n) is 2.80. The number of benzene rings is 2. The van der Waals surface area contributed by atoms with Crippen molar-refractivity contribution in [2.24, 2.45) is 0 Å². The zero-order valence-corrected chi connectivity index (χ0v) is 11.4. The summed E-state index contributed by atoms with van der Waals surface area (Å²) in [5, 5.41) is 0. The van der Waals surface area contributed by atoms with Gasteiger partial charge in [-0.05, 0) is 29.8 Å². The van der Waals surface area contributed by atoms with Crippen LogP contribution in [0.15, 0.2) is 45.3 Å². The first-order valence-corrected chi connectivity index (χ1v) is 6.50. The van der Waals surface area contributed by atoms with E-state index in [9.17, 15) is 4.39 Å². The summed E-state index contributed by atoms with van der Waals surface area (Å²) in [6.45, 7) is 0. The molecule has 2 aromatic carbocycles. The molecule has 0 saturated heterocycles. The van der Waals surface area contributed by atoms with Crippen molar-refractivity contribution in [1.29, 1.82) is 0 Å². The second-order valence-corrected chi connectivity index (χ2v) is 5.17.